The Labute approximate surface area is 77.5 Å². The highest BCUT2D eigenvalue weighted by atomic mass is 16.1. The van der Waals surface area contributed by atoms with Crippen molar-refractivity contribution in [3.05, 3.63) is 30.5 Å². The quantitative estimate of drug-likeness (QED) is 0.506. The van der Waals surface area contributed by atoms with Crippen molar-refractivity contribution in [2.45, 2.75) is 0 Å². The summed E-state index contributed by atoms with van der Waals surface area (Å²) in [5.41, 5.74) is 0. The second kappa shape index (κ2) is 3.89. The monoisotopic (exact) mass is 179 g/mol. The third-order valence-electron chi connectivity index (χ3n) is 1.57. The molecule has 13 heavy (non-hydrogen) atoms. The summed E-state index contributed by atoms with van der Waals surface area (Å²) in [5, 5.41) is 0. The van der Waals surface area contributed by atoms with Gasteiger partial charge in [0.15, 0.2) is 5.82 Å². The molecule has 0 fully saturated rings. The average Bonchev–Trinajstić information content (AvgIpc) is 2.47. The number of carbonyl (C=O) groups excluding carboxylic acids is 1. The van der Waals surface area contributed by atoms with Gasteiger partial charge in [-0.15, -0.1) is 0 Å². The molecule has 1 rings (SSSR count). The van der Waals surface area contributed by atoms with Crippen molar-refractivity contribution in [2.75, 3.05) is 14.1 Å². The van der Waals surface area contributed by atoms with Crippen LogP contribution in [0.2, 0.25) is 0 Å². The number of hydrogen-bond donors (Lipinski definition) is 0. The lowest BCUT2D eigenvalue weighted by Gasteiger charge is -2.02. The van der Waals surface area contributed by atoms with Crippen LogP contribution in [0.1, 0.15) is 10.6 Å². The zero-order valence-corrected chi connectivity index (χ0v) is 8.06. The van der Waals surface area contributed by atoms with E-state index in [0.29, 0.717) is 5.82 Å². The first-order valence-electron chi connectivity index (χ1n) is 3.97. The Morgan fingerprint density at radius 3 is 2.77 bits per heavy atom. The average molecular weight is 179 g/mol. The highest BCUT2D eigenvalue weighted by molar-refractivity contribution is 6.01. The van der Waals surface area contributed by atoms with E-state index in [1.54, 1.807) is 35.1 Å². The number of carbonyl (C=O) groups is 1. The maximum atomic E-state index is 11.4. The first kappa shape index (κ1) is 9.51. The van der Waals surface area contributed by atoms with Crippen LogP contribution >= 0.6 is 0 Å². The Balaban J connectivity index is 2.75. The van der Waals surface area contributed by atoms with Crippen molar-refractivity contribution in [1.82, 2.24) is 14.5 Å². The lowest BCUT2D eigenvalue weighted by molar-refractivity contribution is 0.103. The first-order valence-corrected chi connectivity index (χ1v) is 3.97. The number of rotatable bonds is 3. The molecule has 0 amide bonds. The molecule has 1 aromatic heterocycles. The lowest BCUT2D eigenvalue weighted by Crippen LogP contribution is -2.07. The van der Waals surface area contributed by atoms with Gasteiger partial charge in [-0.05, 0) is 0 Å². The number of aromatic nitrogens is 2. The maximum Gasteiger partial charge on any atom is 0.222 e. The molecule has 0 radical (unpaired) electrons. The Morgan fingerprint density at radius 2 is 2.31 bits per heavy atom. The molecule has 4 heteroatoms. The molecule has 0 bridgehead atoms. The standard InChI is InChI=1S/C9H13N3O/c1-11(2)6-4-8(13)9-10-5-7-12(9)3/h4-7H,1-3H3. The van der Waals surface area contributed by atoms with E-state index < -0.39 is 0 Å². The molecule has 70 valence electrons. The summed E-state index contributed by atoms with van der Waals surface area (Å²) < 4.78 is 1.70. The molecule has 1 aromatic rings. The smallest absolute Gasteiger partial charge is 0.222 e. The van der Waals surface area contributed by atoms with Crippen molar-refractivity contribution in [3.63, 3.8) is 0 Å². The van der Waals surface area contributed by atoms with Gasteiger partial charge in [0.05, 0.1) is 0 Å². The van der Waals surface area contributed by atoms with E-state index in [2.05, 4.69) is 4.98 Å². The van der Waals surface area contributed by atoms with Crippen LogP contribution in [-0.4, -0.2) is 34.3 Å². The van der Waals surface area contributed by atoms with Gasteiger partial charge in [-0.2, -0.15) is 0 Å². The highest BCUT2D eigenvalue weighted by Gasteiger charge is 2.05. The second-order valence-corrected chi connectivity index (χ2v) is 3.01. The van der Waals surface area contributed by atoms with Crippen molar-refractivity contribution >= 4 is 5.78 Å². The van der Waals surface area contributed by atoms with Crippen LogP contribution in [0.4, 0.5) is 0 Å². The molecular weight excluding hydrogens is 166 g/mol. The summed E-state index contributed by atoms with van der Waals surface area (Å²) in [6.45, 7) is 0. The molecule has 0 spiro atoms. The van der Waals surface area contributed by atoms with E-state index in [1.807, 2.05) is 14.1 Å². The number of hydrogen-bond acceptors (Lipinski definition) is 3. The van der Waals surface area contributed by atoms with Gasteiger partial charge in [0, 0.05) is 45.8 Å². The topological polar surface area (TPSA) is 38.1 Å². The van der Waals surface area contributed by atoms with E-state index in [4.69, 9.17) is 0 Å². The first-order chi connectivity index (χ1) is 6.11. The summed E-state index contributed by atoms with van der Waals surface area (Å²) in [6.07, 6.45) is 6.56. The molecule has 0 aliphatic carbocycles. The van der Waals surface area contributed by atoms with Crippen LogP contribution in [0.15, 0.2) is 24.7 Å². The third-order valence-corrected chi connectivity index (χ3v) is 1.57. The number of allylic oxidation sites excluding steroid dienone is 1. The van der Waals surface area contributed by atoms with E-state index in [-0.39, 0.29) is 5.78 Å². The van der Waals surface area contributed by atoms with Gasteiger partial charge in [0.1, 0.15) is 0 Å². The minimum atomic E-state index is -0.0822. The molecule has 0 aromatic carbocycles. The van der Waals surface area contributed by atoms with Crippen LogP contribution in [0.5, 0.6) is 0 Å². The van der Waals surface area contributed by atoms with Crippen molar-refractivity contribution in [2.24, 2.45) is 7.05 Å². The van der Waals surface area contributed by atoms with Crippen LogP contribution in [-0.2, 0) is 7.05 Å². The van der Waals surface area contributed by atoms with Gasteiger partial charge in [0.25, 0.3) is 0 Å². The Kier molecular flexibility index (Phi) is 2.84. The highest BCUT2D eigenvalue weighted by Crippen LogP contribution is 1.97. The van der Waals surface area contributed by atoms with Gasteiger partial charge in [0.2, 0.25) is 5.78 Å². The largest absolute Gasteiger partial charge is 0.383 e. The van der Waals surface area contributed by atoms with Crippen molar-refractivity contribution in [1.29, 1.82) is 0 Å². The molecule has 0 saturated heterocycles. The van der Waals surface area contributed by atoms with Crippen LogP contribution in [0.3, 0.4) is 0 Å². The minimum Gasteiger partial charge on any atom is -0.383 e. The predicted octanol–water partition coefficient (Wildman–Crippen LogP) is 0.678. The van der Waals surface area contributed by atoms with Crippen LogP contribution in [0, 0.1) is 0 Å². The van der Waals surface area contributed by atoms with Gasteiger partial charge in [-0.1, -0.05) is 0 Å². The molecule has 0 N–H and O–H groups in total. The van der Waals surface area contributed by atoms with Gasteiger partial charge in [-0.25, -0.2) is 4.98 Å². The zero-order chi connectivity index (χ0) is 9.84. The zero-order valence-electron chi connectivity index (χ0n) is 8.06. The number of imidazole rings is 1. The van der Waals surface area contributed by atoms with Crippen molar-refractivity contribution in [3.8, 4) is 0 Å². The van der Waals surface area contributed by atoms with Gasteiger partial charge >= 0.3 is 0 Å². The molecule has 0 unspecified atom stereocenters. The molecule has 0 atom stereocenters. The summed E-state index contributed by atoms with van der Waals surface area (Å²) >= 11 is 0. The second-order valence-electron chi connectivity index (χ2n) is 3.01. The summed E-state index contributed by atoms with van der Waals surface area (Å²) in [4.78, 5) is 17.2. The van der Waals surface area contributed by atoms with E-state index in [9.17, 15) is 4.79 Å². The third kappa shape index (κ3) is 2.43. The minimum absolute atomic E-state index is 0.0822. The molecule has 0 saturated carbocycles. The van der Waals surface area contributed by atoms with E-state index in [0.717, 1.165) is 0 Å². The maximum absolute atomic E-state index is 11.4. The lowest BCUT2D eigenvalue weighted by atomic mass is 10.3. The van der Waals surface area contributed by atoms with E-state index in [1.165, 1.54) is 6.08 Å². The van der Waals surface area contributed by atoms with E-state index >= 15 is 0 Å². The van der Waals surface area contributed by atoms with Gasteiger partial charge < -0.3 is 9.47 Å². The number of ketones is 1. The van der Waals surface area contributed by atoms with Crippen LogP contribution in [0.25, 0.3) is 0 Å². The Morgan fingerprint density at radius 1 is 1.62 bits per heavy atom. The fourth-order valence-corrected chi connectivity index (χ4v) is 0.894. The number of nitrogens with zero attached hydrogens (tertiary/aromatic N) is 3. The molecule has 4 nitrogen and oxygen atoms in total. The Bertz CT molecular complexity index is 325. The fourth-order valence-electron chi connectivity index (χ4n) is 0.894. The van der Waals surface area contributed by atoms with Gasteiger partial charge in [-0.3, -0.25) is 4.79 Å². The SMILES string of the molecule is CN(C)C=CC(=O)c1nccn1C. The molecule has 0 aliphatic heterocycles. The number of aryl methyl sites for hydroxylation is 1. The van der Waals surface area contributed by atoms with Crippen LogP contribution < -0.4 is 0 Å². The Hall–Kier alpha value is -1.58. The van der Waals surface area contributed by atoms with Crippen molar-refractivity contribution < 1.29 is 4.79 Å². The summed E-state index contributed by atoms with van der Waals surface area (Å²) in [6, 6.07) is 0. The molecule has 0 aliphatic rings. The summed E-state index contributed by atoms with van der Waals surface area (Å²) in [5.74, 6) is 0.374. The normalized spacial score (nSPS) is 10.7. The predicted molar refractivity (Wildman–Crippen MR) is 50.4 cm³/mol. The summed E-state index contributed by atoms with van der Waals surface area (Å²) in [7, 11) is 5.52. The molecule has 1 heterocycles. The molecular formula is C9H13N3O. The fraction of sp³-hybridized carbons (Fsp3) is 0.333.